The van der Waals surface area contributed by atoms with Crippen LogP contribution in [0.25, 0.3) is 10.9 Å². The van der Waals surface area contributed by atoms with Gasteiger partial charge in [0.25, 0.3) is 0 Å². The fraction of sp³-hybridized carbons (Fsp3) is 0.100. The van der Waals surface area contributed by atoms with E-state index in [9.17, 15) is 14.3 Å². The first-order valence-corrected chi connectivity index (χ1v) is 4.22. The number of nitrogens with zero attached hydrogens (tertiary/aromatic N) is 1. The van der Waals surface area contributed by atoms with Crippen molar-refractivity contribution in [3.8, 4) is 5.75 Å². The first kappa shape index (κ1) is 9.51. The number of carbonyl (C=O) groups is 1. The molecule has 0 saturated carbocycles. The SMILES string of the molecule is Cn1cc(C(=O)O)c2c(O)c(F)ccc21. The molecule has 0 spiro atoms. The Morgan fingerprint density at radius 3 is 2.73 bits per heavy atom. The van der Waals surface area contributed by atoms with Crippen molar-refractivity contribution < 1.29 is 19.4 Å². The summed E-state index contributed by atoms with van der Waals surface area (Å²) in [5.41, 5.74) is 0.371. The highest BCUT2D eigenvalue weighted by molar-refractivity contribution is 6.06. The van der Waals surface area contributed by atoms with Gasteiger partial charge in [0, 0.05) is 13.2 Å². The molecular weight excluding hydrogens is 201 g/mol. The van der Waals surface area contributed by atoms with Crippen LogP contribution in [0.2, 0.25) is 0 Å². The Labute approximate surface area is 84.2 Å². The molecule has 5 heteroatoms. The van der Waals surface area contributed by atoms with E-state index in [0.717, 1.165) is 6.07 Å². The normalized spacial score (nSPS) is 10.8. The predicted octanol–water partition coefficient (Wildman–Crippen LogP) is 1.72. The molecule has 0 unspecified atom stereocenters. The highest BCUT2D eigenvalue weighted by Gasteiger charge is 2.18. The van der Waals surface area contributed by atoms with Crippen LogP contribution in [-0.4, -0.2) is 20.7 Å². The molecule has 0 aliphatic carbocycles. The third-order valence-electron chi connectivity index (χ3n) is 2.31. The summed E-state index contributed by atoms with van der Waals surface area (Å²) in [6, 6.07) is 2.53. The zero-order valence-corrected chi connectivity index (χ0v) is 7.86. The Morgan fingerprint density at radius 2 is 2.13 bits per heavy atom. The molecule has 0 bridgehead atoms. The smallest absolute Gasteiger partial charge is 0.338 e. The quantitative estimate of drug-likeness (QED) is 0.751. The van der Waals surface area contributed by atoms with Gasteiger partial charge in [-0.15, -0.1) is 0 Å². The molecule has 1 heterocycles. The van der Waals surface area contributed by atoms with E-state index in [-0.39, 0.29) is 10.9 Å². The Kier molecular flexibility index (Phi) is 1.89. The van der Waals surface area contributed by atoms with Crippen molar-refractivity contribution in [3.05, 3.63) is 29.7 Å². The minimum absolute atomic E-state index is 0.0324. The fourth-order valence-corrected chi connectivity index (χ4v) is 1.60. The molecule has 2 rings (SSSR count). The molecule has 0 saturated heterocycles. The lowest BCUT2D eigenvalue weighted by Crippen LogP contribution is -1.94. The monoisotopic (exact) mass is 209 g/mol. The standard InChI is InChI=1S/C10H8FNO3/c1-12-4-5(10(14)15)8-7(12)3-2-6(11)9(8)13/h2-4,13H,1H3,(H,14,15). The first-order valence-electron chi connectivity index (χ1n) is 4.22. The van der Waals surface area contributed by atoms with Gasteiger partial charge >= 0.3 is 5.97 Å². The summed E-state index contributed by atoms with van der Waals surface area (Å²) in [6.45, 7) is 0. The molecule has 15 heavy (non-hydrogen) atoms. The second-order valence-corrected chi connectivity index (χ2v) is 3.25. The molecule has 78 valence electrons. The van der Waals surface area contributed by atoms with Crippen LogP contribution in [0, 0.1) is 5.82 Å². The van der Waals surface area contributed by atoms with Crippen LogP contribution in [0.3, 0.4) is 0 Å². The molecule has 0 amide bonds. The summed E-state index contributed by atoms with van der Waals surface area (Å²) in [5.74, 6) is -2.64. The number of hydrogen-bond donors (Lipinski definition) is 2. The van der Waals surface area contributed by atoms with Gasteiger partial charge in [-0.05, 0) is 12.1 Å². The van der Waals surface area contributed by atoms with Crippen LogP contribution in [0.5, 0.6) is 5.75 Å². The summed E-state index contributed by atoms with van der Waals surface area (Å²) in [7, 11) is 1.63. The molecule has 1 aromatic heterocycles. The van der Waals surface area contributed by atoms with E-state index in [1.165, 1.54) is 16.8 Å². The molecule has 0 radical (unpaired) electrons. The number of carboxylic acids is 1. The molecule has 2 aromatic rings. The number of aromatic carboxylic acids is 1. The van der Waals surface area contributed by atoms with E-state index in [0.29, 0.717) is 5.52 Å². The molecule has 0 atom stereocenters. The zero-order chi connectivity index (χ0) is 11.2. The van der Waals surface area contributed by atoms with Gasteiger partial charge in [0.1, 0.15) is 0 Å². The predicted molar refractivity (Wildman–Crippen MR) is 51.5 cm³/mol. The Bertz CT molecular complexity index is 559. The van der Waals surface area contributed by atoms with Gasteiger partial charge in [-0.2, -0.15) is 0 Å². The number of halogens is 1. The van der Waals surface area contributed by atoms with Crippen molar-refractivity contribution in [2.24, 2.45) is 7.05 Å². The summed E-state index contributed by atoms with van der Waals surface area (Å²) in [4.78, 5) is 10.8. The van der Waals surface area contributed by atoms with Gasteiger partial charge < -0.3 is 14.8 Å². The van der Waals surface area contributed by atoms with Crippen molar-refractivity contribution in [2.45, 2.75) is 0 Å². The molecule has 1 aromatic carbocycles. The Hall–Kier alpha value is -2.04. The van der Waals surface area contributed by atoms with Crippen LogP contribution in [-0.2, 0) is 7.05 Å². The zero-order valence-electron chi connectivity index (χ0n) is 7.86. The van der Waals surface area contributed by atoms with Crippen LogP contribution in [0.15, 0.2) is 18.3 Å². The third-order valence-corrected chi connectivity index (χ3v) is 2.31. The van der Waals surface area contributed by atoms with E-state index >= 15 is 0 Å². The number of aryl methyl sites for hydroxylation is 1. The van der Waals surface area contributed by atoms with Crippen molar-refractivity contribution in [3.63, 3.8) is 0 Å². The molecule has 2 N–H and O–H groups in total. The summed E-state index contributed by atoms with van der Waals surface area (Å²) < 4.78 is 14.6. The molecule has 0 aliphatic rings. The van der Waals surface area contributed by atoms with Crippen molar-refractivity contribution in [1.82, 2.24) is 4.57 Å². The second kappa shape index (κ2) is 2.98. The average molecular weight is 209 g/mol. The Morgan fingerprint density at radius 1 is 1.47 bits per heavy atom. The molecular formula is C10H8FNO3. The maximum absolute atomic E-state index is 13.0. The molecule has 0 fully saturated rings. The van der Waals surface area contributed by atoms with Gasteiger partial charge in [-0.25, -0.2) is 9.18 Å². The largest absolute Gasteiger partial charge is 0.504 e. The van der Waals surface area contributed by atoms with Crippen LogP contribution in [0.1, 0.15) is 10.4 Å². The number of rotatable bonds is 1. The number of aromatic nitrogens is 1. The maximum atomic E-state index is 13.0. The van der Waals surface area contributed by atoms with E-state index < -0.39 is 17.5 Å². The lowest BCUT2D eigenvalue weighted by molar-refractivity contribution is 0.0698. The third kappa shape index (κ3) is 1.24. The number of benzene rings is 1. The number of hydrogen-bond acceptors (Lipinski definition) is 2. The lowest BCUT2D eigenvalue weighted by atomic mass is 10.1. The number of carboxylic acid groups (broad SMARTS) is 1. The number of phenols is 1. The summed E-state index contributed by atoms with van der Waals surface area (Å²) in [5, 5.41) is 18.3. The van der Waals surface area contributed by atoms with Gasteiger partial charge in [-0.3, -0.25) is 0 Å². The second-order valence-electron chi connectivity index (χ2n) is 3.25. The average Bonchev–Trinajstić information content (AvgIpc) is 2.50. The van der Waals surface area contributed by atoms with Crippen LogP contribution >= 0.6 is 0 Å². The van der Waals surface area contributed by atoms with Crippen molar-refractivity contribution in [1.29, 1.82) is 0 Å². The van der Waals surface area contributed by atoms with Gasteiger partial charge in [-0.1, -0.05) is 0 Å². The van der Waals surface area contributed by atoms with Crippen LogP contribution < -0.4 is 0 Å². The van der Waals surface area contributed by atoms with E-state index in [2.05, 4.69) is 0 Å². The highest BCUT2D eigenvalue weighted by Crippen LogP contribution is 2.31. The van der Waals surface area contributed by atoms with Gasteiger partial charge in [0.2, 0.25) is 0 Å². The minimum Gasteiger partial charge on any atom is -0.504 e. The molecule has 0 aliphatic heterocycles. The van der Waals surface area contributed by atoms with Crippen molar-refractivity contribution >= 4 is 16.9 Å². The fourth-order valence-electron chi connectivity index (χ4n) is 1.60. The van der Waals surface area contributed by atoms with Gasteiger partial charge in [0.05, 0.1) is 16.5 Å². The number of phenolic OH excluding ortho intramolecular Hbond substituents is 1. The van der Waals surface area contributed by atoms with E-state index in [1.807, 2.05) is 0 Å². The number of aromatic hydroxyl groups is 1. The topological polar surface area (TPSA) is 62.5 Å². The van der Waals surface area contributed by atoms with E-state index in [1.54, 1.807) is 7.05 Å². The van der Waals surface area contributed by atoms with Crippen LogP contribution in [0.4, 0.5) is 4.39 Å². The Balaban J connectivity index is 2.95. The summed E-state index contributed by atoms with van der Waals surface area (Å²) in [6.07, 6.45) is 1.34. The summed E-state index contributed by atoms with van der Waals surface area (Å²) >= 11 is 0. The lowest BCUT2D eigenvalue weighted by Gasteiger charge is -1.99. The van der Waals surface area contributed by atoms with Gasteiger partial charge in [0.15, 0.2) is 11.6 Å². The minimum atomic E-state index is -1.19. The first-order chi connectivity index (χ1) is 7.02. The highest BCUT2D eigenvalue weighted by atomic mass is 19.1. The maximum Gasteiger partial charge on any atom is 0.338 e. The van der Waals surface area contributed by atoms with E-state index in [4.69, 9.17) is 5.11 Å². The van der Waals surface area contributed by atoms with Crippen molar-refractivity contribution in [2.75, 3.05) is 0 Å². The number of fused-ring (bicyclic) bond motifs is 1. The molecule has 4 nitrogen and oxygen atoms in total.